The number of hydrogen-bond donors (Lipinski definition) is 2. The van der Waals surface area contributed by atoms with E-state index in [0.717, 1.165) is 11.3 Å². The molecule has 0 aliphatic rings. The van der Waals surface area contributed by atoms with Crippen LogP contribution in [0.1, 0.15) is 48.3 Å². The summed E-state index contributed by atoms with van der Waals surface area (Å²) >= 11 is 0. The highest BCUT2D eigenvalue weighted by molar-refractivity contribution is 5.98. The Hall–Kier alpha value is -2.63. The number of nitrogens with one attached hydrogen (secondary N) is 1. The molecule has 0 saturated carbocycles. The fraction of sp³-hybridized carbons (Fsp3) is 0.389. The number of carbonyl (C=O) groups excluding carboxylic acids is 1. The lowest BCUT2D eigenvalue weighted by Gasteiger charge is -2.25. The molecule has 0 fully saturated rings. The van der Waals surface area contributed by atoms with Gasteiger partial charge in [0.25, 0.3) is 5.91 Å². The van der Waals surface area contributed by atoms with Crippen LogP contribution in [0.25, 0.3) is 5.69 Å². The lowest BCUT2D eigenvalue weighted by atomic mass is 9.96. The van der Waals surface area contributed by atoms with E-state index in [1.54, 1.807) is 11.6 Å². The van der Waals surface area contributed by atoms with E-state index in [1.807, 2.05) is 38.1 Å². The van der Waals surface area contributed by atoms with Crippen LogP contribution < -0.4 is 5.32 Å². The van der Waals surface area contributed by atoms with Crippen LogP contribution in [0, 0.1) is 13.8 Å². The molecule has 0 saturated heterocycles. The second-order valence-corrected chi connectivity index (χ2v) is 6.18. The van der Waals surface area contributed by atoms with Gasteiger partial charge in [-0.1, -0.05) is 31.5 Å². The topological polar surface area (TPSA) is 84.2 Å². The van der Waals surface area contributed by atoms with Gasteiger partial charge < -0.3 is 10.4 Å². The summed E-state index contributed by atoms with van der Waals surface area (Å²) in [7, 11) is 0. The average Bonchev–Trinajstić information content (AvgIpc) is 2.89. The molecule has 2 N–H and O–H groups in total. The highest BCUT2D eigenvalue weighted by Crippen LogP contribution is 2.19. The second-order valence-electron chi connectivity index (χ2n) is 6.18. The number of nitrogens with zero attached hydrogens (tertiary/aromatic N) is 2. The molecule has 0 spiro atoms. The van der Waals surface area contributed by atoms with Gasteiger partial charge in [-0.15, -0.1) is 0 Å². The molecule has 1 atom stereocenters. The van der Waals surface area contributed by atoms with Crippen LogP contribution in [0.5, 0.6) is 0 Å². The van der Waals surface area contributed by atoms with Crippen LogP contribution >= 0.6 is 0 Å². The average molecular weight is 329 g/mol. The Kier molecular flexibility index (Phi) is 5.07. The monoisotopic (exact) mass is 329 g/mol. The van der Waals surface area contributed by atoms with Crippen molar-refractivity contribution in [3.63, 3.8) is 0 Å². The Morgan fingerprint density at radius 3 is 2.54 bits per heavy atom. The van der Waals surface area contributed by atoms with Crippen molar-refractivity contribution in [2.75, 3.05) is 0 Å². The van der Waals surface area contributed by atoms with E-state index in [2.05, 4.69) is 10.4 Å². The standard InChI is InChI=1S/C18H23N3O3/c1-5-10-18(4,17(23)24)20-16(22)14-11-19-21(13(14)3)15-9-7-6-8-12(15)2/h6-9,11H,5,10H2,1-4H3,(H,20,22)(H,23,24). The molecule has 1 aromatic heterocycles. The van der Waals surface area contributed by atoms with Gasteiger partial charge in [0.05, 0.1) is 23.1 Å². The number of hydrogen-bond acceptors (Lipinski definition) is 3. The first-order valence-electron chi connectivity index (χ1n) is 7.96. The molecule has 0 radical (unpaired) electrons. The number of benzene rings is 1. The molecule has 128 valence electrons. The molecule has 1 amide bonds. The van der Waals surface area contributed by atoms with E-state index in [1.165, 1.54) is 13.1 Å². The molecule has 1 aromatic carbocycles. The number of rotatable bonds is 6. The Bertz CT molecular complexity index is 767. The minimum atomic E-state index is -1.29. The fourth-order valence-electron chi connectivity index (χ4n) is 2.72. The highest BCUT2D eigenvalue weighted by Gasteiger charge is 2.34. The summed E-state index contributed by atoms with van der Waals surface area (Å²) in [6.45, 7) is 7.18. The molecular formula is C18H23N3O3. The van der Waals surface area contributed by atoms with Gasteiger partial charge in [0.15, 0.2) is 0 Å². The van der Waals surface area contributed by atoms with Gasteiger partial charge in [-0.25, -0.2) is 9.48 Å². The summed E-state index contributed by atoms with van der Waals surface area (Å²) in [5.74, 6) is -1.47. The number of para-hydroxylation sites is 1. The summed E-state index contributed by atoms with van der Waals surface area (Å²) in [5, 5.41) is 16.3. The second kappa shape index (κ2) is 6.86. The molecular weight excluding hydrogens is 306 g/mol. The van der Waals surface area contributed by atoms with Gasteiger partial charge in [-0.3, -0.25) is 4.79 Å². The number of carbonyl (C=O) groups is 2. The van der Waals surface area contributed by atoms with Gasteiger partial charge in [-0.05, 0) is 38.8 Å². The summed E-state index contributed by atoms with van der Waals surface area (Å²) in [6, 6.07) is 7.74. The maximum Gasteiger partial charge on any atom is 0.329 e. The molecule has 2 rings (SSSR count). The van der Waals surface area contributed by atoms with E-state index in [4.69, 9.17) is 0 Å². The van der Waals surface area contributed by atoms with Crippen LogP contribution in [-0.2, 0) is 4.79 Å². The Balaban J connectivity index is 2.32. The number of amides is 1. The minimum Gasteiger partial charge on any atom is -0.480 e. The maximum absolute atomic E-state index is 12.6. The smallest absolute Gasteiger partial charge is 0.329 e. The van der Waals surface area contributed by atoms with Crippen molar-refractivity contribution < 1.29 is 14.7 Å². The normalized spacial score (nSPS) is 13.3. The van der Waals surface area contributed by atoms with Gasteiger partial charge >= 0.3 is 5.97 Å². The summed E-state index contributed by atoms with van der Waals surface area (Å²) in [6.07, 6.45) is 2.49. The first kappa shape index (κ1) is 17.7. The van der Waals surface area contributed by atoms with E-state index < -0.39 is 17.4 Å². The maximum atomic E-state index is 12.6. The van der Waals surface area contributed by atoms with Crippen LogP contribution in [0.15, 0.2) is 30.5 Å². The summed E-state index contributed by atoms with van der Waals surface area (Å²) in [4.78, 5) is 24.1. The Morgan fingerprint density at radius 2 is 1.96 bits per heavy atom. The minimum absolute atomic E-state index is 0.360. The predicted octanol–water partition coefficient (Wildman–Crippen LogP) is 2.86. The van der Waals surface area contributed by atoms with Gasteiger partial charge in [-0.2, -0.15) is 5.10 Å². The van der Waals surface area contributed by atoms with E-state index in [0.29, 0.717) is 24.1 Å². The molecule has 1 unspecified atom stereocenters. The third kappa shape index (κ3) is 3.32. The molecule has 24 heavy (non-hydrogen) atoms. The van der Waals surface area contributed by atoms with Crippen molar-refractivity contribution in [3.8, 4) is 5.69 Å². The van der Waals surface area contributed by atoms with Crippen LogP contribution in [0.3, 0.4) is 0 Å². The summed E-state index contributed by atoms with van der Waals surface area (Å²) < 4.78 is 1.70. The molecule has 0 bridgehead atoms. The van der Waals surface area contributed by atoms with Crippen molar-refractivity contribution in [3.05, 3.63) is 47.3 Å². The molecule has 0 aliphatic carbocycles. The number of carboxylic acids is 1. The zero-order valence-electron chi connectivity index (χ0n) is 14.5. The summed E-state index contributed by atoms with van der Waals surface area (Å²) in [5.41, 5.74) is 1.69. The Labute approximate surface area is 141 Å². The third-order valence-electron chi connectivity index (χ3n) is 4.21. The zero-order chi connectivity index (χ0) is 17.9. The lowest BCUT2D eigenvalue weighted by molar-refractivity contribution is -0.144. The van der Waals surface area contributed by atoms with E-state index in [-0.39, 0.29) is 0 Å². The zero-order valence-corrected chi connectivity index (χ0v) is 14.5. The predicted molar refractivity (Wildman–Crippen MR) is 91.5 cm³/mol. The third-order valence-corrected chi connectivity index (χ3v) is 4.21. The lowest BCUT2D eigenvalue weighted by Crippen LogP contribution is -2.52. The molecule has 0 aliphatic heterocycles. The number of carboxylic acid groups (broad SMARTS) is 1. The Morgan fingerprint density at radius 1 is 1.29 bits per heavy atom. The number of aliphatic carboxylic acids is 1. The van der Waals surface area contributed by atoms with Crippen molar-refractivity contribution in [1.29, 1.82) is 0 Å². The highest BCUT2D eigenvalue weighted by atomic mass is 16.4. The van der Waals surface area contributed by atoms with Gasteiger partial charge in [0.1, 0.15) is 5.54 Å². The van der Waals surface area contributed by atoms with Gasteiger partial charge in [0, 0.05) is 0 Å². The largest absolute Gasteiger partial charge is 0.480 e. The molecule has 1 heterocycles. The molecule has 6 nitrogen and oxygen atoms in total. The van der Waals surface area contributed by atoms with Crippen molar-refractivity contribution >= 4 is 11.9 Å². The van der Waals surface area contributed by atoms with Gasteiger partial charge in [0.2, 0.25) is 0 Å². The van der Waals surface area contributed by atoms with E-state index in [9.17, 15) is 14.7 Å². The van der Waals surface area contributed by atoms with Crippen molar-refractivity contribution in [1.82, 2.24) is 15.1 Å². The SMILES string of the molecule is CCCC(C)(NC(=O)c1cnn(-c2ccccc2C)c1C)C(=O)O. The number of aromatic nitrogens is 2. The van der Waals surface area contributed by atoms with Crippen LogP contribution in [-0.4, -0.2) is 32.3 Å². The fourth-order valence-corrected chi connectivity index (χ4v) is 2.72. The van der Waals surface area contributed by atoms with E-state index >= 15 is 0 Å². The first-order chi connectivity index (χ1) is 11.3. The first-order valence-corrected chi connectivity index (χ1v) is 7.96. The van der Waals surface area contributed by atoms with Crippen molar-refractivity contribution in [2.24, 2.45) is 0 Å². The van der Waals surface area contributed by atoms with Crippen LogP contribution in [0.2, 0.25) is 0 Å². The molecule has 6 heteroatoms. The molecule has 2 aromatic rings. The van der Waals surface area contributed by atoms with Crippen LogP contribution in [0.4, 0.5) is 0 Å². The van der Waals surface area contributed by atoms with Crippen molar-refractivity contribution in [2.45, 2.75) is 46.1 Å². The number of aryl methyl sites for hydroxylation is 1. The quantitative estimate of drug-likeness (QED) is 0.853.